The summed E-state index contributed by atoms with van der Waals surface area (Å²) in [6, 6.07) is 0. The predicted octanol–water partition coefficient (Wildman–Crippen LogP) is 4.20. The number of thioether (sulfide) groups is 1. The van der Waals surface area contributed by atoms with Gasteiger partial charge in [-0.3, -0.25) is 0 Å². The Morgan fingerprint density at radius 1 is 1.33 bits per heavy atom. The van der Waals surface area contributed by atoms with Gasteiger partial charge < -0.3 is 10.4 Å². The van der Waals surface area contributed by atoms with Gasteiger partial charge >= 0.3 is 0 Å². The smallest absolute Gasteiger partial charge is 0.121 e. The second-order valence-electron chi connectivity index (χ2n) is 3.64. The third-order valence-corrected chi connectivity index (χ3v) is 3.85. The van der Waals surface area contributed by atoms with Gasteiger partial charge in [0, 0.05) is 16.2 Å². The summed E-state index contributed by atoms with van der Waals surface area (Å²) in [5.74, 6) is 0.211. The Kier molecular flexibility index (Phi) is 5.59. The first-order valence-corrected chi connectivity index (χ1v) is 6.66. The highest BCUT2D eigenvalue weighted by Gasteiger charge is 2.26. The molecule has 0 bridgehead atoms. The van der Waals surface area contributed by atoms with Crippen molar-refractivity contribution in [2.75, 3.05) is 0 Å². The second kappa shape index (κ2) is 6.97. The maximum absolute atomic E-state index is 10.00. The van der Waals surface area contributed by atoms with Crippen LogP contribution < -0.4 is 5.32 Å². The molecule has 1 saturated heterocycles. The van der Waals surface area contributed by atoms with E-state index in [4.69, 9.17) is 0 Å². The topological polar surface area (TPSA) is 32.3 Å². The molecule has 0 aromatic heterocycles. The average molecular weight is 261 g/mol. The molecular weight excluding hydrogens is 242 g/mol. The van der Waals surface area contributed by atoms with E-state index < -0.39 is 0 Å². The van der Waals surface area contributed by atoms with Crippen LogP contribution in [0, 0.1) is 0 Å². The van der Waals surface area contributed by atoms with Gasteiger partial charge in [-0.05, 0) is 19.9 Å². The molecule has 1 unspecified atom stereocenters. The van der Waals surface area contributed by atoms with Gasteiger partial charge in [-0.2, -0.15) is 0 Å². The summed E-state index contributed by atoms with van der Waals surface area (Å²) < 4.78 is 0. The minimum absolute atomic E-state index is 0.00522. The molecule has 0 aromatic carbocycles. The van der Waals surface area contributed by atoms with Crippen molar-refractivity contribution in [1.82, 2.24) is 5.32 Å². The van der Waals surface area contributed by atoms with E-state index in [9.17, 15) is 5.11 Å². The van der Waals surface area contributed by atoms with Crippen LogP contribution in [0.4, 0.5) is 0 Å². The minimum atomic E-state index is -0.00522. The number of allylic oxidation sites excluding steroid dienone is 5. The van der Waals surface area contributed by atoms with Crippen molar-refractivity contribution in [1.29, 1.82) is 0 Å². The Hall–Kier alpha value is -1.61. The van der Waals surface area contributed by atoms with Crippen molar-refractivity contribution in [2.45, 2.75) is 19.2 Å². The maximum Gasteiger partial charge on any atom is 0.121 e. The lowest BCUT2D eigenvalue weighted by atomic mass is 10.2. The molecule has 0 saturated carbocycles. The van der Waals surface area contributed by atoms with Crippen LogP contribution in [0.1, 0.15) is 13.8 Å². The lowest BCUT2D eigenvalue weighted by Crippen LogP contribution is -2.20. The van der Waals surface area contributed by atoms with Gasteiger partial charge in [-0.25, -0.2) is 0 Å². The normalized spacial score (nSPS) is 25.3. The number of hydrogen-bond acceptors (Lipinski definition) is 3. The monoisotopic (exact) mass is 261 g/mol. The summed E-state index contributed by atoms with van der Waals surface area (Å²) in [6.45, 7) is 11.3. The van der Waals surface area contributed by atoms with Crippen molar-refractivity contribution >= 4 is 11.8 Å². The predicted molar refractivity (Wildman–Crippen MR) is 81.2 cm³/mol. The first-order chi connectivity index (χ1) is 8.67. The summed E-state index contributed by atoms with van der Waals surface area (Å²) in [4.78, 5) is 1.18. The molecular formula is C15H19NOS. The molecule has 2 N–H and O–H groups in total. The fraction of sp³-hybridized carbons (Fsp3) is 0.200. The molecule has 1 atom stereocenters. The van der Waals surface area contributed by atoms with Crippen LogP contribution in [0.25, 0.3) is 0 Å². The number of nitrogens with one attached hydrogen (secondary N) is 1. The molecule has 0 spiro atoms. The Bertz CT molecular complexity index is 435. The van der Waals surface area contributed by atoms with Gasteiger partial charge in [-0.15, -0.1) is 0 Å². The molecule has 1 rings (SSSR count). The van der Waals surface area contributed by atoms with E-state index in [0.717, 1.165) is 11.3 Å². The number of aliphatic hydroxyl groups excluding tert-OH is 1. The quantitative estimate of drug-likeness (QED) is 0.587. The van der Waals surface area contributed by atoms with Crippen molar-refractivity contribution in [2.24, 2.45) is 0 Å². The molecule has 18 heavy (non-hydrogen) atoms. The van der Waals surface area contributed by atoms with Crippen molar-refractivity contribution in [3.8, 4) is 0 Å². The fourth-order valence-corrected chi connectivity index (χ4v) is 2.85. The van der Waals surface area contributed by atoms with Crippen LogP contribution in [0.2, 0.25) is 0 Å². The van der Waals surface area contributed by atoms with Crippen LogP contribution in [-0.4, -0.2) is 10.5 Å². The molecule has 0 radical (unpaired) electrons. The van der Waals surface area contributed by atoms with Crippen LogP contribution in [0.5, 0.6) is 0 Å². The van der Waals surface area contributed by atoms with Gasteiger partial charge in [0.15, 0.2) is 0 Å². The summed E-state index contributed by atoms with van der Waals surface area (Å²) in [5, 5.41) is 13.4. The second-order valence-corrected chi connectivity index (χ2v) is 4.78. The van der Waals surface area contributed by atoms with E-state index in [0.29, 0.717) is 0 Å². The van der Waals surface area contributed by atoms with Crippen LogP contribution >= 0.6 is 11.8 Å². The van der Waals surface area contributed by atoms with Gasteiger partial charge in [0.25, 0.3) is 0 Å². The van der Waals surface area contributed by atoms with Crippen molar-refractivity contribution < 1.29 is 5.11 Å². The lowest BCUT2D eigenvalue weighted by molar-refractivity contribution is 0.424. The third kappa shape index (κ3) is 3.20. The summed E-state index contributed by atoms with van der Waals surface area (Å²) in [5.41, 5.74) is 1.86. The number of aliphatic hydroxyl groups is 1. The Morgan fingerprint density at radius 2 is 2.06 bits per heavy atom. The Morgan fingerprint density at radius 3 is 2.50 bits per heavy atom. The van der Waals surface area contributed by atoms with Crippen LogP contribution in [0.15, 0.2) is 71.5 Å². The zero-order valence-electron chi connectivity index (χ0n) is 10.8. The summed E-state index contributed by atoms with van der Waals surface area (Å²) in [7, 11) is 0. The molecule has 3 heteroatoms. The van der Waals surface area contributed by atoms with Gasteiger partial charge in [-0.1, -0.05) is 55.3 Å². The zero-order valence-corrected chi connectivity index (χ0v) is 11.6. The molecule has 2 nitrogen and oxygen atoms in total. The van der Waals surface area contributed by atoms with Crippen molar-refractivity contribution in [3.05, 3.63) is 71.5 Å². The van der Waals surface area contributed by atoms with E-state index in [-0.39, 0.29) is 11.1 Å². The van der Waals surface area contributed by atoms with E-state index in [2.05, 4.69) is 24.6 Å². The molecule has 0 aromatic rings. The molecule has 1 aliphatic rings. The maximum atomic E-state index is 10.00. The average Bonchev–Trinajstić information content (AvgIpc) is 2.80. The first-order valence-electron chi connectivity index (χ1n) is 5.78. The fourth-order valence-electron chi connectivity index (χ4n) is 1.62. The summed E-state index contributed by atoms with van der Waals surface area (Å²) >= 11 is 1.67. The third-order valence-electron chi connectivity index (χ3n) is 2.54. The van der Waals surface area contributed by atoms with E-state index in [1.54, 1.807) is 36.1 Å². The molecule has 1 fully saturated rings. The van der Waals surface area contributed by atoms with Crippen LogP contribution in [0.3, 0.4) is 0 Å². The number of hydrogen-bond donors (Lipinski definition) is 2. The van der Waals surface area contributed by atoms with Crippen LogP contribution in [-0.2, 0) is 0 Å². The van der Waals surface area contributed by atoms with Crippen molar-refractivity contribution in [3.63, 3.8) is 0 Å². The lowest BCUT2D eigenvalue weighted by Gasteiger charge is -2.12. The highest BCUT2D eigenvalue weighted by Crippen LogP contribution is 2.38. The number of rotatable bonds is 4. The van der Waals surface area contributed by atoms with E-state index in [1.807, 2.05) is 19.9 Å². The Balaban J connectivity index is 3.03. The SMILES string of the molecule is C=C/C=C\C(O)=C(/C=C)C1NC(=C/C)/C(=C\C)S1. The molecule has 0 aliphatic carbocycles. The zero-order chi connectivity index (χ0) is 13.5. The molecule has 1 heterocycles. The van der Waals surface area contributed by atoms with E-state index in [1.165, 1.54) is 4.91 Å². The minimum Gasteiger partial charge on any atom is -0.508 e. The largest absolute Gasteiger partial charge is 0.508 e. The molecule has 0 amide bonds. The molecule has 96 valence electrons. The summed E-state index contributed by atoms with van der Waals surface area (Å²) in [6.07, 6.45) is 10.7. The van der Waals surface area contributed by atoms with E-state index >= 15 is 0 Å². The standard InChI is InChI=1S/C15H19NOS/c1-5-9-10-13(17)11(6-2)15-16-12(7-3)14(8-4)18-15/h5-10,15-17H,1-2H2,3-4H3/b10-9-,12-7+,13-11-,14-8+. The van der Waals surface area contributed by atoms with Gasteiger partial charge in [0.1, 0.15) is 11.1 Å². The highest BCUT2D eigenvalue weighted by molar-refractivity contribution is 8.04. The molecule has 1 aliphatic heterocycles. The Labute approximate surface area is 113 Å². The van der Waals surface area contributed by atoms with Gasteiger partial charge in [0.05, 0.1) is 0 Å². The first kappa shape index (κ1) is 14.5. The van der Waals surface area contributed by atoms with Gasteiger partial charge in [0.2, 0.25) is 0 Å². The highest BCUT2D eigenvalue weighted by atomic mass is 32.2.